The van der Waals surface area contributed by atoms with E-state index in [1.165, 1.54) is 22.3 Å². The van der Waals surface area contributed by atoms with Crippen molar-refractivity contribution < 1.29 is 28.8 Å². The summed E-state index contributed by atoms with van der Waals surface area (Å²) in [6, 6.07) is 9.43. The minimum absolute atomic E-state index is 0.0806. The average molecular weight is 599 g/mol. The second-order valence-electron chi connectivity index (χ2n) is 14.4. The van der Waals surface area contributed by atoms with Gasteiger partial charge in [0.05, 0.1) is 14.2 Å². The number of ether oxygens (including phenoxy) is 4. The predicted molar refractivity (Wildman–Crippen MR) is 164 cm³/mol. The third kappa shape index (κ3) is 3.17. The Hall–Kier alpha value is -3.07. The van der Waals surface area contributed by atoms with Crippen LogP contribution in [-0.4, -0.2) is 92.5 Å². The third-order valence-electron chi connectivity index (χ3n) is 12.9. The first-order chi connectivity index (χ1) is 21.3. The molecule has 3 fully saturated rings. The Morgan fingerprint density at radius 1 is 0.841 bits per heavy atom. The number of carbonyl (C=O) groups excluding carboxylic acids is 1. The molecule has 2 spiro atoms. The summed E-state index contributed by atoms with van der Waals surface area (Å²) in [5.41, 5.74) is 5.18. The number of hydrogen-bond donors (Lipinski definition) is 1. The minimum Gasteiger partial charge on any atom is -0.493 e. The molecule has 2 aromatic carbocycles. The van der Waals surface area contributed by atoms with Gasteiger partial charge in [0.25, 0.3) is 0 Å². The first-order valence-electron chi connectivity index (χ1n) is 16.4. The number of likely N-dealkylation sites (tertiary alicyclic amines) is 2. The number of carbonyl (C=O) groups is 1. The maximum atomic E-state index is 12.6. The van der Waals surface area contributed by atoms with Crippen LogP contribution in [0.1, 0.15) is 47.9 Å². The first kappa shape index (κ1) is 27.3. The van der Waals surface area contributed by atoms with E-state index in [0.717, 1.165) is 68.2 Å². The molecule has 0 amide bonds. The van der Waals surface area contributed by atoms with Crippen LogP contribution in [0.15, 0.2) is 36.4 Å². The van der Waals surface area contributed by atoms with Gasteiger partial charge < -0.3 is 33.9 Å². The van der Waals surface area contributed by atoms with Crippen molar-refractivity contribution in [1.29, 1.82) is 0 Å². The summed E-state index contributed by atoms with van der Waals surface area (Å²) in [6.45, 7) is 2.10. The lowest BCUT2D eigenvalue weighted by atomic mass is 9.52. The molecule has 2 saturated heterocycles. The lowest BCUT2D eigenvalue weighted by Crippen LogP contribution is -2.65. The van der Waals surface area contributed by atoms with Gasteiger partial charge in [0, 0.05) is 46.4 Å². The van der Waals surface area contributed by atoms with Crippen molar-refractivity contribution in [3.05, 3.63) is 58.7 Å². The minimum atomic E-state index is -0.539. The maximum Gasteiger partial charge on any atom is 0.174 e. The normalized spacial score (nSPS) is 39.8. The number of rotatable bonds is 2. The van der Waals surface area contributed by atoms with Crippen molar-refractivity contribution in [3.63, 3.8) is 0 Å². The average Bonchev–Trinajstić information content (AvgIpc) is 3.57. The van der Waals surface area contributed by atoms with Crippen LogP contribution in [0.25, 0.3) is 0 Å². The van der Waals surface area contributed by atoms with Gasteiger partial charge in [-0.1, -0.05) is 24.3 Å². The summed E-state index contributed by atoms with van der Waals surface area (Å²) in [4.78, 5) is 17.6. The van der Waals surface area contributed by atoms with Crippen LogP contribution in [0.5, 0.6) is 23.0 Å². The molecule has 4 heterocycles. The Balaban J connectivity index is 0.000000123. The number of benzene rings is 2. The van der Waals surface area contributed by atoms with Gasteiger partial charge in [-0.05, 0) is 88.5 Å². The Morgan fingerprint density at radius 2 is 1.45 bits per heavy atom. The highest BCUT2D eigenvalue weighted by Crippen LogP contribution is 2.64. The van der Waals surface area contributed by atoms with E-state index in [0.29, 0.717) is 30.3 Å². The first-order valence-corrected chi connectivity index (χ1v) is 16.4. The molecule has 0 radical (unpaired) electrons. The summed E-state index contributed by atoms with van der Waals surface area (Å²) >= 11 is 0. The third-order valence-corrected chi connectivity index (χ3v) is 12.9. The Labute approximate surface area is 258 Å². The van der Waals surface area contributed by atoms with E-state index < -0.39 is 6.10 Å². The molecule has 10 rings (SSSR count). The summed E-state index contributed by atoms with van der Waals surface area (Å²) in [7, 11) is 7.82. The van der Waals surface area contributed by atoms with E-state index >= 15 is 0 Å². The molecule has 4 bridgehead atoms. The molecule has 0 unspecified atom stereocenters. The van der Waals surface area contributed by atoms with Crippen LogP contribution < -0.4 is 18.9 Å². The van der Waals surface area contributed by atoms with Crippen LogP contribution in [0.4, 0.5) is 0 Å². The number of hydrogen-bond acceptors (Lipinski definition) is 8. The predicted octanol–water partition coefficient (Wildman–Crippen LogP) is 3.43. The van der Waals surface area contributed by atoms with Crippen molar-refractivity contribution in [2.45, 2.75) is 79.8 Å². The number of ketones is 1. The van der Waals surface area contributed by atoms with Crippen LogP contribution in [-0.2, 0) is 28.5 Å². The number of likely N-dealkylation sites (N-methyl/N-ethyl adjacent to an activating group) is 2. The van der Waals surface area contributed by atoms with E-state index in [-0.39, 0.29) is 28.8 Å². The molecule has 1 saturated carbocycles. The van der Waals surface area contributed by atoms with Crippen LogP contribution in [0.3, 0.4) is 0 Å². The van der Waals surface area contributed by atoms with Gasteiger partial charge in [0.1, 0.15) is 12.2 Å². The second kappa shape index (κ2) is 9.24. The molecule has 232 valence electrons. The fraction of sp³-hybridized carbons (Fsp3) is 0.583. The molecule has 4 aliphatic heterocycles. The molecule has 8 aliphatic rings. The summed E-state index contributed by atoms with van der Waals surface area (Å²) in [6.07, 6.45) is 9.01. The zero-order chi connectivity index (χ0) is 30.1. The summed E-state index contributed by atoms with van der Waals surface area (Å²) in [5.74, 6) is 4.55. The largest absolute Gasteiger partial charge is 0.493 e. The molecular weight excluding hydrogens is 556 g/mol. The molecular formula is C36H42N2O6. The Kier molecular flexibility index (Phi) is 5.72. The fourth-order valence-electron chi connectivity index (χ4n) is 11.1. The maximum absolute atomic E-state index is 12.6. The van der Waals surface area contributed by atoms with E-state index in [2.05, 4.69) is 42.1 Å². The number of Topliss-reactive ketones (excluding diaryl/α,β-unsaturated/α-hetero) is 1. The highest BCUT2D eigenvalue weighted by Gasteiger charge is 2.66. The van der Waals surface area contributed by atoms with Crippen molar-refractivity contribution in [3.8, 4) is 23.0 Å². The van der Waals surface area contributed by atoms with Gasteiger partial charge in [-0.25, -0.2) is 0 Å². The Morgan fingerprint density at radius 3 is 2.16 bits per heavy atom. The molecule has 8 nitrogen and oxygen atoms in total. The van der Waals surface area contributed by atoms with Gasteiger partial charge in [0.15, 0.2) is 34.9 Å². The molecule has 44 heavy (non-hydrogen) atoms. The van der Waals surface area contributed by atoms with Crippen molar-refractivity contribution in [2.24, 2.45) is 11.8 Å². The fourth-order valence-corrected chi connectivity index (χ4v) is 11.1. The number of aliphatic hydroxyl groups excluding tert-OH is 1. The highest BCUT2D eigenvalue weighted by atomic mass is 16.5. The second-order valence-corrected chi connectivity index (χ2v) is 14.4. The summed E-state index contributed by atoms with van der Waals surface area (Å²) < 4.78 is 23.6. The summed E-state index contributed by atoms with van der Waals surface area (Å²) in [5, 5.41) is 10.6. The van der Waals surface area contributed by atoms with Gasteiger partial charge in [-0.15, -0.1) is 0 Å². The van der Waals surface area contributed by atoms with E-state index in [1.807, 2.05) is 18.2 Å². The van der Waals surface area contributed by atoms with E-state index in [9.17, 15) is 9.90 Å². The lowest BCUT2D eigenvalue weighted by Gasteiger charge is -2.57. The molecule has 8 heteroatoms. The van der Waals surface area contributed by atoms with E-state index in [4.69, 9.17) is 18.9 Å². The monoisotopic (exact) mass is 598 g/mol. The van der Waals surface area contributed by atoms with Crippen LogP contribution in [0.2, 0.25) is 0 Å². The number of methoxy groups -OCH3 is 2. The van der Waals surface area contributed by atoms with E-state index in [1.54, 1.807) is 14.2 Å². The lowest BCUT2D eigenvalue weighted by molar-refractivity contribution is -0.138. The van der Waals surface area contributed by atoms with Crippen LogP contribution >= 0.6 is 0 Å². The SMILES string of the molecule is COc1ccc2c3c1O[C@H]1C(=O)CC[C@H]4[C@@H](C2)N(C)CC[C@]314.COc1ccc2c3c1O[C@H]1[C@@H](O)C=C[C@H]4[C@@H](C2)N(C)CC[C@@]341. The number of nitrogens with zero attached hydrogens (tertiary/aromatic N) is 2. The molecule has 4 aliphatic carbocycles. The van der Waals surface area contributed by atoms with Gasteiger partial charge in [-0.2, -0.15) is 0 Å². The molecule has 2 aromatic rings. The van der Waals surface area contributed by atoms with Gasteiger partial charge in [0.2, 0.25) is 0 Å². The zero-order valence-electron chi connectivity index (χ0n) is 26.0. The van der Waals surface area contributed by atoms with Gasteiger partial charge in [-0.3, -0.25) is 4.79 Å². The molecule has 9 atom stereocenters. The number of aliphatic hydroxyl groups is 1. The molecule has 1 N–H and O–H groups in total. The topological polar surface area (TPSA) is 80.7 Å². The standard InChI is InChI=1S/2C18H21NO3/c2*1-19-8-7-18-11-4-5-13(20)17(18)22-16-14(21-2)6-3-10(15(16)18)9-12(11)19/h3,6,11-12,17H,4-5,7-9H2,1-2H3;3-6,11-13,17,20H,7-9H2,1-2H3/t11-,12+,17-,18-;11-,12+,13-,17-,18-/m00/s1. The van der Waals surface area contributed by atoms with Crippen molar-refractivity contribution in [1.82, 2.24) is 9.80 Å². The smallest absolute Gasteiger partial charge is 0.174 e. The number of piperidine rings is 2. The van der Waals surface area contributed by atoms with Gasteiger partial charge >= 0.3 is 0 Å². The van der Waals surface area contributed by atoms with Crippen molar-refractivity contribution in [2.75, 3.05) is 41.4 Å². The quantitative estimate of drug-likeness (QED) is 0.527. The highest BCUT2D eigenvalue weighted by molar-refractivity contribution is 5.89. The molecule has 0 aromatic heterocycles. The Bertz CT molecular complexity index is 1590. The zero-order valence-corrected chi connectivity index (χ0v) is 26.0. The van der Waals surface area contributed by atoms with Crippen molar-refractivity contribution >= 4 is 5.78 Å². The van der Waals surface area contributed by atoms with Crippen LogP contribution in [0, 0.1) is 11.8 Å².